The Hall–Kier alpha value is -1.92. The number of aromatic hydroxyl groups is 1. The average Bonchev–Trinajstić information content (AvgIpc) is 3.11. The predicted octanol–water partition coefficient (Wildman–Crippen LogP) is 0.523. The van der Waals surface area contributed by atoms with E-state index in [1.54, 1.807) is 18.2 Å². The molecule has 1 aromatic carbocycles. The van der Waals surface area contributed by atoms with Crippen LogP contribution in [-0.4, -0.2) is 41.3 Å². The van der Waals surface area contributed by atoms with Crippen LogP contribution in [0.4, 0.5) is 5.69 Å². The summed E-state index contributed by atoms with van der Waals surface area (Å²) in [6.07, 6.45) is -0.467. The van der Waals surface area contributed by atoms with Gasteiger partial charge in [0.05, 0.1) is 29.7 Å². The molecule has 2 bridgehead atoms. The van der Waals surface area contributed by atoms with Gasteiger partial charge in [-0.05, 0) is 18.6 Å². The summed E-state index contributed by atoms with van der Waals surface area (Å²) in [5.41, 5.74) is 0.217. The maximum atomic E-state index is 12.8. The van der Waals surface area contributed by atoms with Crippen molar-refractivity contribution in [3.05, 3.63) is 24.3 Å². The molecule has 3 aliphatic rings. The Morgan fingerprint density at radius 3 is 2.41 bits per heavy atom. The number of hydrogen-bond acceptors (Lipinski definition) is 5. The topological polar surface area (TPSA) is 87.1 Å². The first-order chi connectivity index (χ1) is 10.6. The Morgan fingerprint density at radius 1 is 1.14 bits per heavy atom. The molecule has 1 aliphatic heterocycles. The van der Waals surface area contributed by atoms with Gasteiger partial charge in [-0.2, -0.15) is 0 Å². The van der Waals surface area contributed by atoms with Gasteiger partial charge in [-0.15, -0.1) is 0 Å². The van der Waals surface area contributed by atoms with Crippen molar-refractivity contribution in [2.24, 2.45) is 23.7 Å². The summed E-state index contributed by atoms with van der Waals surface area (Å²) >= 11 is 0. The lowest BCUT2D eigenvalue weighted by atomic mass is 9.78. The zero-order valence-corrected chi connectivity index (χ0v) is 12.0. The van der Waals surface area contributed by atoms with Crippen LogP contribution >= 0.6 is 0 Å². The SMILES string of the molecule is CO[C@H]1[C@H](O)[C@@H]2C[C@@H]1[C@@H]1C(=O)N(c3ccccc3O)C(=O)[C@@H]21. The smallest absolute Gasteiger partial charge is 0.238 e. The Kier molecular flexibility index (Phi) is 2.83. The number of para-hydroxylation sites is 2. The van der Waals surface area contributed by atoms with Gasteiger partial charge in [0, 0.05) is 18.9 Å². The van der Waals surface area contributed by atoms with E-state index in [0.29, 0.717) is 6.42 Å². The summed E-state index contributed by atoms with van der Waals surface area (Å²) in [5.74, 6) is -2.05. The van der Waals surface area contributed by atoms with E-state index >= 15 is 0 Å². The number of aliphatic hydroxyl groups excluding tert-OH is 1. The van der Waals surface area contributed by atoms with Crippen molar-refractivity contribution < 1.29 is 24.5 Å². The number of amides is 2. The van der Waals surface area contributed by atoms with E-state index in [-0.39, 0.29) is 35.1 Å². The molecule has 0 spiro atoms. The summed E-state index contributed by atoms with van der Waals surface area (Å²) in [6.45, 7) is 0. The molecule has 3 fully saturated rings. The number of rotatable bonds is 2. The van der Waals surface area contributed by atoms with Gasteiger partial charge in [0.25, 0.3) is 0 Å². The predicted molar refractivity (Wildman–Crippen MR) is 76.0 cm³/mol. The Morgan fingerprint density at radius 2 is 1.77 bits per heavy atom. The number of nitrogens with zero attached hydrogens (tertiary/aromatic N) is 1. The van der Waals surface area contributed by atoms with Crippen molar-refractivity contribution in [2.75, 3.05) is 12.0 Å². The van der Waals surface area contributed by atoms with Crippen LogP contribution in [0.2, 0.25) is 0 Å². The molecule has 1 heterocycles. The third-order valence-electron chi connectivity index (χ3n) is 5.46. The zero-order valence-electron chi connectivity index (χ0n) is 12.0. The number of phenols is 1. The van der Waals surface area contributed by atoms with Gasteiger partial charge in [0.2, 0.25) is 11.8 Å². The average molecular weight is 303 g/mol. The highest BCUT2D eigenvalue weighted by molar-refractivity contribution is 6.23. The van der Waals surface area contributed by atoms with Gasteiger partial charge in [0.1, 0.15) is 5.75 Å². The monoisotopic (exact) mass is 303 g/mol. The van der Waals surface area contributed by atoms with Crippen molar-refractivity contribution in [3.63, 3.8) is 0 Å². The Labute approximate surface area is 127 Å². The molecule has 2 N–H and O–H groups in total. The number of phenolic OH excluding ortho intramolecular Hbond substituents is 1. The summed E-state index contributed by atoms with van der Waals surface area (Å²) < 4.78 is 5.33. The van der Waals surface area contributed by atoms with E-state index in [0.717, 1.165) is 4.90 Å². The van der Waals surface area contributed by atoms with Gasteiger partial charge < -0.3 is 14.9 Å². The molecule has 22 heavy (non-hydrogen) atoms. The van der Waals surface area contributed by atoms with Crippen LogP contribution in [0.15, 0.2) is 24.3 Å². The van der Waals surface area contributed by atoms with E-state index < -0.39 is 24.0 Å². The zero-order chi connectivity index (χ0) is 15.6. The molecule has 6 atom stereocenters. The van der Waals surface area contributed by atoms with Gasteiger partial charge >= 0.3 is 0 Å². The molecule has 0 unspecified atom stereocenters. The van der Waals surface area contributed by atoms with Gasteiger partial charge in [0.15, 0.2) is 0 Å². The molecule has 116 valence electrons. The number of fused-ring (bicyclic) bond motifs is 5. The number of carbonyl (C=O) groups is 2. The second kappa shape index (κ2) is 4.54. The van der Waals surface area contributed by atoms with Crippen LogP contribution in [0, 0.1) is 23.7 Å². The third kappa shape index (κ3) is 1.51. The van der Waals surface area contributed by atoms with E-state index in [1.807, 2.05) is 0 Å². The molecule has 0 radical (unpaired) electrons. The van der Waals surface area contributed by atoms with Crippen LogP contribution < -0.4 is 4.90 Å². The van der Waals surface area contributed by atoms with Crippen LogP contribution in [0.1, 0.15) is 6.42 Å². The van der Waals surface area contributed by atoms with Crippen LogP contribution in [0.25, 0.3) is 0 Å². The standard InChI is InChI=1S/C16H17NO5/c1-22-14-8-6-7(13(14)19)11-12(8)16(21)17(15(11)20)9-4-2-3-5-10(9)18/h2-5,7-8,11-14,18-19H,6H2,1H3/t7-,8-,11+,12+,13-,14-/m1/s1. The molecule has 4 rings (SSSR count). The first-order valence-electron chi connectivity index (χ1n) is 7.43. The van der Waals surface area contributed by atoms with E-state index in [9.17, 15) is 19.8 Å². The minimum atomic E-state index is -0.711. The molecule has 2 amide bonds. The summed E-state index contributed by atoms with van der Waals surface area (Å²) in [5, 5.41) is 20.2. The first kappa shape index (κ1) is 13.7. The van der Waals surface area contributed by atoms with E-state index in [2.05, 4.69) is 0 Å². The normalized spacial score (nSPS) is 39.6. The number of benzene rings is 1. The second-order valence-corrected chi connectivity index (χ2v) is 6.31. The molecular formula is C16H17NO5. The number of ether oxygens (including phenoxy) is 1. The quantitative estimate of drug-likeness (QED) is 0.778. The van der Waals surface area contributed by atoms with Gasteiger partial charge in [-0.1, -0.05) is 12.1 Å². The van der Waals surface area contributed by atoms with Crippen molar-refractivity contribution in [1.29, 1.82) is 0 Å². The van der Waals surface area contributed by atoms with E-state index in [4.69, 9.17) is 4.74 Å². The fraction of sp³-hybridized carbons (Fsp3) is 0.500. The molecular weight excluding hydrogens is 286 g/mol. The van der Waals surface area contributed by atoms with Crippen molar-refractivity contribution in [1.82, 2.24) is 0 Å². The molecule has 6 heteroatoms. The largest absolute Gasteiger partial charge is 0.506 e. The fourth-order valence-electron chi connectivity index (χ4n) is 4.61. The highest BCUT2D eigenvalue weighted by atomic mass is 16.5. The number of aliphatic hydroxyl groups is 1. The van der Waals surface area contributed by atoms with Crippen LogP contribution in [0.5, 0.6) is 5.75 Å². The van der Waals surface area contributed by atoms with Crippen LogP contribution in [0.3, 0.4) is 0 Å². The minimum Gasteiger partial charge on any atom is -0.506 e. The lowest BCUT2D eigenvalue weighted by Crippen LogP contribution is -2.44. The third-order valence-corrected chi connectivity index (χ3v) is 5.46. The molecule has 6 nitrogen and oxygen atoms in total. The summed E-state index contributed by atoms with van der Waals surface area (Å²) in [4.78, 5) is 26.6. The maximum Gasteiger partial charge on any atom is 0.238 e. The molecule has 0 aromatic heterocycles. The maximum absolute atomic E-state index is 12.8. The molecule has 1 saturated heterocycles. The highest BCUT2D eigenvalue weighted by Gasteiger charge is 2.67. The molecule has 2 aliphatic carbocycles. The Balaban J connectivity index is 1.75. The number of carbonyl (C=O) groups excluding carboxylic acids is 2. The van der Waals surface area contributed by atoms with Crippen molar-refractivity contribution >= 4 is 17.5 Å². The Bertz CT molecular complexity index is 660. The lowest BCUT2D eigenvalue weighted by molar-refractivity contribution is -0.131. The van der Waals surface area contributed by atoms with Gasteiger partial charge in [-0.25, -0.2) is 4.90 Å². The number of hydrogen-bond donors (Lipinski definition) is 2. The number of methoxy groups -OCH3 is 1. The number of imide groups is 1. The summed E-state index contributed by atoms with van der Waals surface area (Å²) in [6, 6.07) is 6.31. The van der Waals surface area contributed by atoms with E-state index in [1.165, 1.54) is 13.2 Å². The summed E-state index contributed by atoms with van der Waals surface area (Å²) in [7, 11) is 1.52. The first-order valence-corrected chi connectivity index (χ1v) is 7.43. The molecule has 1 aromatic rings. The highest BCUT2D eigenvalue weighted by Crippen LogP contribution is 2.57. The minimum absolute atomic E-state index is 0.0969. The second-order valence-electron chi connectivity index (χ2n) is 6.31. The van der Waals surface area contributed by atoms with Gasteiger partial charge in [-0.3, -0.25) is 9.59 Å². The van der Waals surface area contributed by atoms with Crippen molar-refractivity contribution in [2.45, 2.75) is 18.6 Å². The molecule has 2 saturated carbocycles. The fourth-order valence-corrected chi connectivity index (χ4v) is 4.61. The van der Waals surface area contributed by atoms with Crippen molar-refractivity contribution in [3.8, 4) is 5.75 Å². The number of anilines is 1. The lowest BCUT2D eigenvalue weighted by Gasteiger charge is -2.31. The van der Waals surface area contributed by atoms with Crippen LogP contribution in [-0.2, 0) is 14.3 Å².